The summed E-state index contributed by atoms with van der Waals surface area (Å²) in [4.78, 5) is 16.1. The number of nitrogens with zero attached hydrogens (tertiary/aromatic N) is 1. The molecule has 2 aromatic rings. The molecule has 6 nitrogen and oxygen atoms in total. The Bertz CT molecular complexity index is 808. The Morgan fingerprint density at radius 3 is 2.75 bits per heavy atom. The second kappa shape index (κ2) is 9.03. The molecule has 3 N–H and O–H groups in total. The number of pyridine rings is 1. The zero-order chi connectivity index (χ0) is 20.0. The lowest BCUT2D eigenvalue weighted by Gasteiger charge is -2.13. The molecule has 1 aromatic heterocycles. The number of hydrogen-bond acceptors (Lipinski definition) is 5. The van der Waals surface area contributed by atoms with Crippen molar-refractivity contribution in [2.75, 3.05) is 13.1 Å². The van der Waals surface area contributed by atoms with E-state index in [1.807, 2.05) is 0 Å². The first-order chi connectivity index (χ1) is 13.4. The van der Waals surface area contributed by atoms with E-state index in [4.69, 9.17) is 4.74 Å². The topological polar surface area (TPSA) is 75.3 Å². The van der Waals surface area contributed by atoms with E-state index in [1.165, 1.54) is 18.3 Å². The fourth-order valence-electron chi connectivity index (χ4n) is 2.82. The molecule has 28 heavy (non-hydrogen) atoms. The normalized spacial score (nSPS) is 14.8. The molecule has 0 spiro atoms. The molecule has 150 valence electrons. The number of nitrogens with one attached hydrogen (secondary N) is 3. The van der Waals surface area contributed by atoms with Crippen molar-refractivity contribution in [3.63, 3.8) is 0 Å². The number of alkyl halides is 3. The average molecular weight is 394 g/mol. The molecule has 1 amide bonds. The maximum atomic E-state index is 12.9. The molecule has 1 aliphatic heterocycles. The summed E-state index contributed by atoms with van der Waals surface area (Å²) in [6.07, 6.45) is -1.80. The predicted octanol–water partition coefficient (Wildman–Crippen LogP) is 3.01. The maximum Gasteiger partial charge on any atom is 0.416 e. The molecule has 3 rings (SSSR count). The van der Waals surface area contributed by atoms with E-state index >= 15 is 0 Å². The Kier molecular flexibility index (Phi) is 6.48. The molecule has 0 saturated carbocycles. The van der Waals surface area contributed by atoms with Crippen LogP contribution in [-0.4, -0.2) is 24.0 Å². The zero-order valence-electron chi connectivity index (χ0n) is 15.1. The first-order valence-electron chi connectivity index (χ1n) is 8.93. The van der Waals surface area contributed by atoms with E-state index < -0.39 is 11.7 Å². The van der Waals surface area contributed by atoms with E-state index in [0.717, 1.165) is 31.6 Å². The standard InChI is InChI=1S/C19H21F3N4O2/c20-19(21,22)15-4-1-5-16(9-15)28-18-14(3-2-8-23-18)12-24-17(27)7-6-13-10-25-26-11-13/h1-5,8-9,13,25-26H,6-7,10-12H2,(H,24,27). The molecule has 0 bridgehead atoms. The second-order valence-corrected chi connectivity index (χ2v) is 6.54. The number of amides is 1. The summed E-state index contributed by atoms with van der Waals surface area (Å²) in [6, 6.07) is 7.98. The lowest BCUT2D eigenvalue weighted by Crippen LogP contribution is -2.24. The van der Waals surface area contributed by atoms with E-state index in [1.54, 1.807) is 12.1 Å². The Morgan fingerprint density at radius 2 is 2.00 bits per heavy atom. The monoisotopic (exact) mass is 394 g/mol. The Morgan fingerprint density at radius 1 is 1.21 bits per heavy atom. The molecule has 9 heteroatoms. The van der Waals surface area contributed by atoms with Crippen molar-refractivity contribution in [3.05, 3.63) is 53.7 Å². The lowest BCUT2D eigenvalue weighted by atomic mass is 10.0. The molecular weight excluding hydrogens is 373 g/mol. The summed E-state index contributed by atoms with van der Waals surface area (Å²) in [5, 5.41) is 2.80. The van der Waals surface area contributed by atoms with Gasteiger partial charge in [-0.1, -0.05) is 12.1 Å². The van der Waals surface area contributed by atoms with Crippen molar-refractivity contribution < 1.29 is 22.7 Å². The minimum atomic E-state index is -4.45. The predicted molar refractivity (Wildman–Crippen MR) is 96.3 cm³/mol. The number of hydrazine groups is 1. The first kappa shape index (κ1) is 20.1. The fourth-order valence-corrected chi connectivity index (χ4v) is 2.82. The SMILES string of the molecule is O=C(CCC1CNNC1)NCc1cccnc1Oc1cccc(C(F)(F)F)c1. The van der Waals surface area contributed by atoms with Gasteiger partial charge in [-0.3, -0.25) is 15.6 Å². The van der Waals surface area contributed by atoms with Gasteiger partial charge in [-0.2, -0.15) is 13.2 Å². The van der Waals surface area contributed by atoms with Crippen molar-refractivity contribution in [3.8, 4) is 11.6 Å². The van der Waals surface area contributed by atoms with Gasteiger partial charge < -0.3 is 10.1 Å². The molecule has 1 aromatic carbocycles. The van der Waals surface area contributed by atoms with Gasteiger partial charge in [0.05, 0.1) is 5.56 Å². The van der Waals surface area contributed by atoms with E-state index in [-0.39, 0.29) is 24.1 Å². The molecular formula is C19H21F3N4O2. The molecule has 1 aliphatic rings. The molecule has 2 heterocycles. The highest BCUT2D eigenvalue weighted by molar-refractivity contribution is 5.75. The summed E-state index contributed by atoms with van der Waals surface area (Å²) >= 11 is 0. The highest BCUT2D eigenvalue weighted by Crippen LogP contribution is 2.32. The number of benzene rings is 1. The maximum absolute atomic E-state index is 12.9. The molecule has 1 fully saturated rings. The van der Waals surface area contributed by atoms with Crippen LogP contribution in [-0.2, 0) is 17.5 Å². The van der Waals surface area contributed by atoms with Gasteiger partial charge in [-0.25, -0.2) is 4.98 Å². The van der Waals surface area contributed by atoms with Crippen LogP contribution in [0.1, 0.15) is 24.0 Å². The van der Waals surface area contributed by atoms with Crippen LogP contribution in [0.3, 0.4) is 0 Å². The Balaban J connectivity index is 1.59. The van der Waals surface area contributed by atoms with E-state index in [2.05, 4.69) is 21.2 Å². The van der Waals surface area contributed by atoms with Gasteiger partial charge in [-0.05, 0) is 36.6 Å². The van der Waals surface area contributed by atoms with E-state index in [0.29, 0.717) is 17.9 Å². The van der Waals surface area contributed by atoms with Crippen LogP contribution in [0.25, 0.3) is 0 Å². The molecule has 0 aliphatic carbocycles. The number of aromatic nitrogens is 1. The minimum Gasteiger partial charge on any atom is -0.439 e. The molecule has 0 atom stereocenters. The van der Waals surface area contributed by atoms with Crippen molar-refractivity contribution >= 4 is 5.91 Å². The summed E-state index contributed by atoms with van der Waals surface area (Å²) < 4.78 is 44.1. The average Bonchev–Trinajstić information content (AvgIpc) is 3.19. The highest BCUT2D eigenvalue weighted by Gasteiger charge is 2.30. The van der Waals surface area contributed by atoms with Crippen LogP contribution in [0, 0.1) is 5.92 Å². The van der Waals surface area contributed by atoms with Gasteiger partial charge in [0.25, 0.3) is 0 Å². The second-order valence-electron chi connectivity index (χ2n) is 6.54. The van der Waals surface area contributed by atoms with Crippen molar-refractivity contribution in [2.24, 2.45) is 5.92 Å². The van der Waals surface area contributed by atoms with Crippen LogP contribution < -0.4 is 20.9 Å². The number of halogens is 3. The Hall–Kier alpha value is -2.65. The van der Waals surface area contributed by atoms with Crippen LogP contribution in [0.5, 0.6) is 11.6 Å². The fraction of sp³-hybridized carbons (Fsp3) is 0.368. The third-order valence-electron chi connectivity index (χ3n) is 4.39. The van der Waals surface area contributed by atoms with Crippen molar-refractivity contribution in [2.45, 2.75) is 25.6 Å². The number of hydrogen-bond donors (Lipinski definition) is 3. The lowest BCUT2D eigenvalue weighted by molar-refractivity contribution is -0.137. The third-order valence-corrected chi connectivity index (χ3v) is 4.39. The molecule has 0 radical (unpaired) electrons. The van der Waals surface area contributed by atoms with Crippen LogP contribution in [0.2, 0.25) is 0 Å². The van der Waals surface area contributed by atoms with Gasteiger partial charge >= 0.3 is 6.18 Å². The van der Waals surface area contributed by atoms with Gasteiger partial charge in [0.15, 0.2) is 0 Å². The summed E-state index contributed by atoms with van der Waals surface area (Å²) in [5.74, 6) is 0.512. The highest BCUT2D eigenvalue weighted by atomic mass is 19.4. The zero-order valence-corrected chi connectivity index (χ0v) is 15.1. The smallest absolute Gasteiger partial charge is 0.416 e. The summed E-state index contributed by atoms with van der Waals surface area (Å²) in [5.41, 5.74) is 5.82. The molecule has 1 saturated heterocycles. The number of rotatable bonds is 7. The third kappa shape index (κ3) is 5.67. The largest absolute Gasteiger partial charge is 0.439 e. The quantitative estimate of drug-likeness (QED) is 0.673. The van der Waals surface area contributed by atoms with Crippen LogP contribution in [0.4, 0.5) is 13.2 Å². The minimum absolute atomic E-state index is 0.0299. The van der Waals surface area contributed by atoms with Crippen LogP contribution >= 0.6 is 0 Å². The summed E-state index contributed by atoms with van der Waals surface area (Å²) in [6.45, 7) is 1.86. The van der Waals surface area contributed by atoms with Crippen molar-refractivity contribution in [1.29, 1.82) is 0 Å². The van der Waals surface area contributed by atoms with Gasteiger partial charge in [0.2, 0.25) is 11.8 Å². The van der Waals surface area contributed by atoms with E-state index in [9.17, 15) is 18.0 Å². The first-order valence-corrected chi connectivity index (χ1v) is 8.93. The number of carbonyl (C=O) groups is 1. The van der Waals surface area contributed by atoms with Crippen molar-refractivity contribution in [1.82, 2.24) is 21.2 Å². The number of ether oxygens (including phenoxy) is 1. The molecule has 0 unspecified atom stereocenters. The summed E-state index contributed by atoms with van der Waals surface area (Å²) in [7, 11) is 0. The van der Waals surface area contributed by atoms with Gasteiger partial charge in [-0.15, -0.1) is 0 Å². The van der Waals surface area contributed by atoms with Gasteiger partial charge in [0, 0.05) is 37.8 Å². The Labute approximate surface area is 160 Å². The van der Waals surface area contributed by atoms with Gasteiger partial charge in [0.1, 0.15) is 5.75 Å². The van der Waals surface area contributed by atoms with Crippen LogP contribution in [0.15, 0.2) is 42.6 Å². The number of carbonyl (C=O) groups excluding carboxylic acids is 1.